The minimum absolute atomic E-state index is 0.0583. The highest BCUT2D eigenvalue weighted by Crippen LogP contribution is 2.35. The lowest BCUT2D eigenvalue weighted by Gasteiger charge is -2.14. The number of aromatic carboxylic acids is 2. The predicted molar refractivity (Wildman–Crippen MR) is 80.2 cm³/mol. The molecule has 0 spiro atoms. The maximum absolute atomic E-state index is 11.5. The van der Waals surface area contributed by atoms with E-state index in [9.17, 15) is 19.8 Å². The van der Waals surface area contributed by atoms with Crippen molar-refractivity contribution in [1.29, 1.82) is 0 Å². The topological polar surface area (TPSA) is 74.6 Å². The van der Waals surface area contributed by atoms with E-state index >= 15 is 0 Å². The van der Waals surface area contributed by atoms with Crippen LogP contribution < -0.4 is 0 Å². The number of carboxylic acid groups (broad SMARTS) is 2. The lowest BCUT2D eigenvalue weighted by molar-refractivity contribution is 0.0651. The van der Waals surface area contributed by atoms with Gasteiger partial charge < -0.3 is 10.2 Å². The fourth-order valence-electron chi connectivity index (χ4n) is 2.11. The van der Waals surface area contributed by atoms with E-state index in [-0.39, 0.29) is 16.7 Å². The number of rotatable bonds is 4. The Morgan fingerprint density at radius 3 is 1.90 bits per heavy atom. The lowest BCUT2D eigenvalue weighted by Crippen LogP contribution is -2.13. The van der Waals surface area contributed by atoms with E-state index in [1.165, 1.54) is 12.1 Å². The molecule has 0 aromatic heterocycles. The van der Waals surface area contributed by atoms with E-state index in [1.54, 1.807) is 30.3 Å². The molecule has 0 fully saturated rings. The van der Waals surface area contributed by atoms with Crippen LogP contribution in [0.1, 0.15) is 31.1 Å². The molecule has 0 aliphatic rings. The fraction of sp³-hybridized carbons (Fsp3) is 0.0667. The van der Waals surface area contributed by atoms with Gasteiger partial charge in [0.1, 0.15) is 4.84 Å². The molecule has 0 saturated carbocycles. The zero-order valence-electron chi connectivity index (χ0n) is 10.6. The summed E-state index contributed by atoms with van der Waals surface area (Å²) in [6.07, 6.45) is 0. The number of hydrogen-bond acceptors (Lipinski definition) is 2. The van der Waals surface area contributed by atoms with Crippen LogP contribution in [0.25, 0.3) is 11.1 Å². The van der Waals surface area contributed by atoms with Crippen molar-refractivity contribution in [3.63, 3.8) is 0 Å². The van der Waals surface area contributed by atoms with Gasteiger partial charge in [-0.25, -0.2) is 9.59 Å². The van der Waals surface area contributed by atoms with Crippen molar-refractivity contribution < 1.29 is 19.8 Å². The van der Waals surface area contributed by atoms with Gasteiger partial charge in [0.2, 0.25) is 0 Å². The van der Waals surface area contributed by atoms with Gasteiger partial charge in [-0.15, -0.1) is 23.2 Å². The van der Waals surface area contributed by atoms with E-state index in [2.05, 4.69) is 0 Å². The molecule has 108 valence electrons. The molecule has 6 heteroatoms. The van der Waals surface area contributed by atoms with Gasteiger partial charge in [-0.05, 0) is 11.1 Å². The van der Waals surface area contributed by atoms with E-state index in [4.69, 9.17) is 23.2 Å². The first-order chi connectivity index (χ1) is 9.93. The Morgan fingerprint density at radius 1 is 0.857 bits per heavy atom. The molecule has 0 saturated heterocycles. The summed E-state index contributed by atoms with van der Waals surface area (Å²) in [5.41, 5.74) is 0.252. The Hall–Kier alpha value is -2.04. The highest BCUT2D eigenvalue weighted by atomic mass is 35.5. The van der Waals surface area contributed by atoms with Crippen molar-refractivity contribution >= 4 is 35.1 Å². The van der Waals surface area contributed by atoms with Gasteiger partial charge in [0.05, 0.1) is 11.1 Å². The molecule has 0 bridgehead atoms. The van der Waals surface area contributed by atoms with Gasteiger partial charge in [-0.2, -0.15) is 0 Å². The second-order valence-electron chi connectivity index (χ2n) is 4.23. The molecule has 2 aromatic rings. The van der Waals surface area contributed by atoms with Crippen LogP contribution in [-0.4, -0.2) is 22.2 Å². The Bertz CT molecular complexity index is 696. The summed E-state index contributed by atoms with van der Waals surface area (Å²) in [6, 6.07) is 11.6. The first-order valence-electron chi connectivity index (χ1n) is 5.90. The van der Waals surface area contributed by atoms with E-state index in [0.29, 0.717) is 11.1 Å². The molecular weight excluding hydrogens is 315 g/mol. The zero-order valence-corrected chi connectivity index (χ0v) is 12.1. The summed E-state index contributed by atoms with van der Waals surface area (Å²) in [4.78, 5) is 21.9. The van der Waals surface area contributed by atoms with Crippen LogP contribution in [0.3, 0.4) is 0 Å². The molecule has 21 heavy (non-hydrogen) atoms. The molecular formula is C15H10Cl2O4. The number of carbonyl (C=O) groups is 2. The minimum atomic E-state index is -1.38. The summed E-state index contributed by atoms with van der Waals surface area (Å²) in [6.45, 7) is 0. The molecule has 2 aromatic carbocycles. The molecule has 2 rings (SSSR count). The first-order valence-corrected chi connectivity index (χ1v) is 6.77. The van der Waals surface area contributed by atoms with Crippen LogP contribution in [0.15, 0.2) is 42.5 Å². The maximum atomic E-state index is 11.5. The second kappa shape index (κ2) is 6.16. The van der Waals surface area contributed by atoms with Crippen molar-refractivity contribution in [3.8, 4) is 11.1 Å². The van der Waals surface area contributed by atoms with Crippen molar-refractivity contribution in [2.75, 3.05) is 0 Å². The Labute approximate surface area is 130 Å². The van der Waals surface area contributed by atoms with Gasteiger partial charge in [0, 0.05) is 5.56 Å². The van der Waals surface area contributed by atoms with Crippen molar-refractivity contribution in [1.82, 2.24) is 0 Å². The first kappa shape index (κ1) is 15.4. The number of halogens is 2. The molecule has 0 aliphatic carbocycles. The Balaban J connectivity index is 2.83. The third-order valence-corrected chi connectivity index (χ3v) is 3.46. The molecule has 0 unspecified atom stereocenters. The lowest BCUT2D eigenvalue weighted by atomic mass is 9.92. The average Bonchev–Trinajstić information content (AvgIpc) is 2.46. The average molecular weight is 325 g/mol. The largest absolute Gasteiger partial charge is 0.478 e. The number of alkyl halides is 2. The van der Waals surface area contributed by atoms with Gasteiger partial charge >= 0.3 is 11.9 Å². The van der Waals surface area contributed by atoms with E-state index in [1.807, 2.05) is 0 Å². The van der Waals surface area contributed by atoms with Crippen LogP contribution in [-0.2, 0) is 0 Å². The Kier molecular flexibility index (Phi) is 4.50. The van der Waals surface area contributed by atoms with Crippen LogP contribution in [0, 0.1) is 0 Å². The van der Waals surface area contributed by atoms with Gasteiger partial charge in [0.15, 0.2) is 0 Å². The number of hydrogen-bond donors (Lipinski definition) is 2. The SMILES string of the molecule is O=C(O)c1c(-c2ccccc2)ccc(C(Cl)Cl)c1C(=O)O. The maximum Gasteiger partial charge on any atom is 0.337 e. The third kappa shape index (κ3) is 3.01. The van der Waals surface area contributed by atoms with Crippen LogP contribution in [0.5, 0.6) is 0 Å². The fourth-order valence-corrected chi connectivity index (χ4v) is 2.48. The predicted octanol–water partition coefficient (Wildman–Crippen LogP) is 4.23. The summed E-state index contributed by atoms with van der Waals surface area (Å²) in [7, 11) is 0. The third-order valence-electron chi connectivity index (χ3n) is 2.99. The molecule has 0 atom stereocenters. The van der Waals surface area contributed by atoms with E-state index in [0.717, 1.165) is 0 Å². The zero-order chi connectivity index (χ0) is 15.6. The molecule has 4 nitrogen and oxygen atoms in total. The van der Waals surface area contributed by atoms with Gasteiger partial charge in [-0.1, -0.05) is 42.5 Å². The smallest absolute Gasteiger partial charge is 0.337 e. The summed E-state index contributed by atoms with van der Waals surface area (Å²) in [5.74, 6) is -2.73. The van der Waals surface area contributed by atoms with Crippen molar-refractivity contribution in [2.24, 2.45) is 0 Å². The van der Waals surface area contributed by atoms with Crippen molar-refractivity contribution in [2.45, 2.75) is 4.84 Å². The molecule has 0 heterocycles. The summed E-state index contributed by atoms with van der Waals surface area (Å²) in [5, 5.41) is 18.7. The van der Waals surface area contributed by atoms with Gasteiger partial charge in [0.25, 0.3) is 0 Å². The number of benzene rings is 2. The monoisotopic (exact) mass is 324 g/mol. The highest BCUT2D eigenvalue weighted by molar-refractivity contribution is 6.44. The normalized spacial score (nSPS) is 10.6. The quantitative estimate of drug-likeness (QED) is 0.825. The van der Waals surface area contributed by atoms with Crippen LogP contribution >= 0.6 is 23.2 Å². The molecule has 0 aliphatic heterocycles. The number of carboxylic acids is 2. The molecule has 0 radical (unpaired) electrons. The van der Waals surface area contributed by atoms with Gasteiger partial charge in [-0.3, -0.25) is 0 Å². The summed E-state index contributed by atoms with van der Waals surface area (Å²) < 4.78 is 0. The van der Waals surface area contributed by atoms with Crippen LogP contribution in [0.2, 0.25) is 0 Å². The summed E-state index contributed by atoms with van der Waals surface area (Å²) >= 11 is 11.5. The molecule has 2 N–H and O–H groups in total. The second-order valence-corrected chi connectivity index (χ2v) is 5.33. The van der Waals surface area contributed by atoms with Crippen LogP contribution in [0.4, 0.5) is 0 Å². The highest BCUT2D eigenvalue weighted by Gasteiger charge is 2.26. The van der Waals surface area contributed by atoms with E-state index < -0.39 is 16.8 Å². The molecule has 0 amide bonds. The minimum Gasteiger partial charge on any atom is -0.478 e. The standard InChI is InChI=1S/C15H10Cl2O4/c16-13(17)10-7-6-9(8-4-2-1-3-5-8)11(14(18)19)12(10)15(20)21/h1-7,13H,(H,18,19)(H,20,21). The Morgan fingerprint density at radius 2 is 1.43 bits per heavy atom. The van der Waals surface area contributed by atoms with Crippen molar-refractivity contribution in [3.05, 3.63) is 59.2 Å².